The number of carbonyl (C=O) groups is 1. The van der Waals surface area contributed by atoms with Crippen LogP contribution in [0.1, 0.15) is 82.5 Å². The van der Waals surface area contributed by atoms with Gasteiger partial charge in [0.15, 0.2) is 0 Å². The average molecular weight is 304 g/mol. The van der Waals surface area contributed by atoms with Crippen LogP contribution in [0, 0.1) is 5.41 Å². The lowest BCUT2D eigenvalue weighted by molar-refractivity contribution is 0.0265. The molecule has 0 fully saturated rings. The Hall–Kier alpha value is -1.31. The summed E-state index contributed by atoms with van der Waals surface area (Å²) in [6, 6.07) is 9.28. The first-order valence-corrected chi connectivity index (χ1v) is 8.83. The summed E-state index contributed by atoms with van der Waals surface area (Å²) in [4.78, 5) is 12.1. The van der Waals surface area contributed by atoms with Gasteiger partial charge in [0, 0.05) is 5.41 Å². The molecule has 1 rings (SSSR count). The molecule has 0 aliphatic heterocycles. The molecule has 0 N–H and O–H groups in total. The number of rotatable bonds is 11. The molecule has 0 spiro atoms. The molecule has 1 aromatic carbocycles. The van der Waals surface area contributed by atoms with Crippen molar-refractivity contribution in [3.05, 3.63) is 35.9 Å². The second kappa shape index (κ2) is 10.4. The van der Waals surface area contributed by atoms with Crippen LogP contribution in [-0.4, -0.2) is 12.6 Å². The van der Waals surface area contributed by atoms with Gasteiger partial charge in [0.2, 0.25) is 0 Å². The smallest absolute Gasteiger partial charge is 0.338 e. The van der Waals surface area contributed by atoms with Crippen LogP contribution in [0.2, 0.25) is 0 Å². The Morgan fingerprint density at radius 1 is 0.955 bits per heavy atom. The minimum atomic E-state index is -0.197. The second-order valence-electron chi connectivity index (χ2n) is 6.67. The Bertz CT molecular complexity index is 413. The fourth-order valence-corrected chi connectivity index (χ4v) is 2.75. The quantitative estimate of drug-likeness (QED) is 0.369. The van der Waals surface area contributed by atoms with Crippen LogP contribution in [0.25, 0.3) is 0 Å². The lowest BCUT2D eigenvalue weighted by Crippen LogP contribution is -2.25. The van der Waals surface area contributed by atoms with Gasteiger partial charge in [-0.15, -0.1) is 0 Å². The molecule has 0 bridgehead atoms. The highest BCUT2D eigenvalue weighted by Gasteiger charge is 2.25. The third-order valence-electron chi connectivity index (χ3n) is 4.33. The topological polar surface area (TPSA) is 26.3 Å². The molecular weight excluding hydrogens is 272 g/mol. The van der Waals surface area contributed by atoms with Gasteiger partial charge in [0.05, 0.1) is 12.2 Å². The highest BCUT2D eigenvalue weighted by Crippen LogP contribution is 2.31. The SMILES string of the molecule is CCCCCCC(C)(CCCC)COC(=O)c1ccccc1. The Balaban J connectivity index is 2.50. The zero-order valence-corrected chi connectivity index (χ0v) is 14.6. The third kappa shape index (κ3) is 7.11. The van der Waals surface area contributed by atoms with E-state index in [0.29, 0.717) is 12.2 Å². The van der Waals surface area contributed by atoms with Crippen molar-refractivity contribution in [3.63, 3.8) is 0 Å². The molecule has 1 atom stereocenters. The van der Waals surface area contributed by atoms with Crippen LogP contribution < -0.4 is 0 Å². The number of unbranched alkanes of at least 4 members (excludes halogenated alkanes) is 4. The van der Waals surface area contributed by atoms with E-state index < -0.39 is 0 Å². The van der Waals surface area contributed by atoms with Gasteiger partial charge in [-0.1, -0.05) is 77.5 Å². The fourth-order valence-electron chi connectivity index (χ4n) is 2.75. The van der Waals surface area contributed by atoms with Crippen LogP contribution in [0.5, 0.6) is 0 Å². The summed E-state index contributed by atoms with van der Waals surface area (Å²) in [5.74, 6) is -0.197. The van der Waals surface area contributed by atoms with Gasteiger partial charge in [0.1, 0.15) is 0 Å². The first-order valence-electron chi connectivity index (χ1n) is 8.83. The van der Waals surface area contributed by atoms with E-state index in [9.17, 15) is 4.79 Å². The number of ether oxygens (including phenoxy) is 1. The van der Waals surface area contributed by atoms with Gasteiger partial charge in [0.25, 0.3) is 0 Å². The van der Waals surface area contributed by atoms with Crippen LogP contribution in [0.3, 0.4) is 0 Å². The largest absolute Gasteiger partial charge is 0.462 e. The minimum absolute atomic E-state index is 0.119. The molecule has 0 aliphatic rings. The van der Waals surface area contributed by atoms with Crippen LogP contribution in [0.15, 0.2) is 30.3 Å². The maximum atomic E-state index is 12.1. The van der Waals surface area contributed by atoms with Crippen LogP contribution in [-0.2, 0) is 4.74 Å². The van der Waals surface area contributed by atoms with Crippen molar-refractivity contribution >= 4 is 5.97 Å². The molecule has 124 valence electrons. The molecule has 2 nitrogen and oxygen atoms in total. The highest BCUT2D eigenvalue weighted by molar-refractivity contribution is 5.89. The monoisotopic (exact) mass is 304 g/mol. The maximum absolute atomic E-state index is 12.1. The van der Waals surface area contributed by atoms with Gasteiger partial charge in [-0.25, -0.2) is 4.79 Å². The van der Waals surface area contributed by atoms with Crippen molar-refractivity contribution in [1.82, 2.24) is 0 Å². The number of hydrogen-bond acceptors (Lipinski definition) is 2. The summed E-state index contributed by atoms with van der Waals surface area (Å²) >= 11 is 0. The normalized spacial score (nSPS) is 13.6. The molecule has 0 aromatic heterocycles. The molecule has 2 heteroatoms. The van der Waals surface area contributed by atoms with Crippen molar-refractivity contribution in [1.29, 1.82) is 0 Å². The molecule has 0 heterocycles. The molecule has 0 radical (unpaired) electrons. The number of carbonyl (C=O) groups excluding carboxylic acids is 1. The standard InChI is InChI=1S/C20H32O2/c1-4-6-8-12-16-20(3,15-7-5-2)17-22-19(21)18-13-10-9-11-14-18/h9-11,13-14H,4-8,12,15-17H2,1-3H3. The zero-order valence-electron chi connectivity index (χ0n) is 14.6. The zero-order chi connectivity index (χ0) is 16.3. The Kier molecular flexibility index (Phi) is 8.88. The van der Waals surface area contributed by atoms with Crippen molar-refractivity contribution in [2.24, 2.45) is 5.41 Å². The van der Waals surface area contributed by atoms with Crippen LogP contribution >= 0.6 is 0 Å². The lowest BCUT2D eigenvalue weighted by Gasteiger charge is -2.29. The maximum Gasteiger partial charge on any atom is 0.338 e. The summed E-state index contributed by atoms with van der Waals surface area (Å²) < 4.78 is 5.61. The minimum Gasteiger partial charge on any atom is -0.462 e. The van der Waals surface area contributed by atoms with E-state index in [1.807, 2.05) is 30.3 Å². The molecular formula is C20H32O2. The lowest BCUT2D eigenvalue weighted by atomic mass is 9.80. The number of esters is 1. The number of hydrogen-bond donors (Lipinski definition) is 0. The van der Waals surface area contributed by atoms with Gasteiger partial charge in [-0.05, 0) is 25.0 Å². The van der Waals surface area contributed by atoms with Crippen LogP contribution in [0.4, 0.5) is 0 Å². The summed E-state index contributed by atoms with van der Waals surface area (Å²) in [7, 11) is 0. The van der Waals surface area contributed by atoms with Gasteiger partial charge in [-0.2, -0.15) is 0 Å². The first kappa shape index (κ1) is 18.7. The third-order valence-corrected chi connectivity index (χ3v) is 4.33. The summed E-state index contributed by atoms with van der Waals surface area (Å²) in [6.45, 7) is 7.26. The molecule has 0 saturated heterocycles. The first-order chi connectivity index (χ1) is 10.6. The second-order valence-corrected chi connectivity index (χ2v) is 6.67. The van der Waals surface area contributed by atoms with Crippen molar-refractivity contribution in [3.8, 4) is 0 Å². The summed E-state index contributed by atoms with van der Waals surface area (Å²) in [5, 5.41) is 0. The Labute approximate surface area is 136 Å². The van der Waals surface area contributed by atoms with E-state index in [4.69, 9.17) is 4.74 Å². The summed E-state index contributed by atoms with van der Waals surface area (Å²) in [5.41, 5.74) is 0.764. The molecule has 0 aliphatic carbocycles. The number of benzene rings is 1. The molecule has 1 aromatic rings. The van der Waals surface area contributed by atoms with E-state index in [2.05, 4.69) is 20.8 Å². The Morgan fingerprint density at radius 2 is 1.59 bits per heavy atom. The predicted octanol–water partition coefficient (Wildman–Crippen LogP) is 6.01. The average Bonchev–Trinajstić information content (AvgIpc) is 2.56. The van der Waals surface area contributed by atoms with E-state index in [-0.39, 0.29) is 11.4 Å². The fraction of sp³-hybridized carbons (Fsp3) is 0.650. The van der Waals surface area contributed by atoms with Gasteiger partial charge >= 0.3 is 5.97 Å². The van der Waals surface area contributed by atoms with Crippen molar-refractivity contribution in [2.45, 2.75) is 72.1 Å². The van der Waals surface area contributed by atoms with E-state index in [0.717, 1.165) is 12.8 Å². The molecule has 0 amide bonds. The van der Waals surface area contributed by atoms with Gasteiger partial charge < -0.3 is 4.74 Å². The predicted molar refractivity (Wildman–Crippen MR) is 93.1 cm³/mol. The molecule has 0 saturated carbocycles. The van der Waals surface area contributed by atoms with Crippen molar-refractivity contribution in [2.75, 3.05) is 6.61 Å². The Morgan fingerprint density at radius 3 is 2.23 bits per heavy atom. The van der Waals surface area contributed by atoms with E-state index >= 15 is 0 Å². The molecule has 22 heavy (non-hydrogen) atoms. The highest BCUT2D eigenvalue weighted by atomic mass is 16.5. The van der Waals surface area contributed by atoms with Crippen molar-refractivity contribution < 1.29 is 9.53 Å². The van der Waals surface area contributed by atoms with Gasteiger partial charge in [-0.3, -0.25) is 0 Å². The van der Waals surface area contributed by atoms with E-state index in [1.165, 1.54) is 38.5 Å². The van der Waals surface area contributed by atoms with E-state index in [1.54, 1.807) is 0 Å². The molecule has 1 unspecified atom stereocenters. The summed E-state index contributed by atoms with van der Waals surface area (Å²) in [6.07, 6.45) is 9.75.